The number of hydrogen-bond donors (Lipinski definition) is 0. The third-order valence-corrected chi connectivity index (χ3v) is 3.21. The molecule has 0 unspecified atom stereocenters. The van der Waals surface area contributed by atoms with E-state index in [-0.39, 0.29) is 0 Å². The predicted molar refractivity (Wildman–Crippen MR) is 79.5 cm³/mol. The molecule has 0 N–H and O–H groups in total. The standard InChI is InChI=1S/C18H16O/c1-14-5-4-6-15(11-14)13-19-18-10-9-16-7-2-3-8-17(16)12-18/h2-12H,13H2,1H3. The Morgan fingerprint density at radius 1 is 0.789 bits per heavy atom. The lowest BCUT2D eigenvalue weighted by molar-refractivity contribution is 0.306. The lowest BCUT2D eigenvalue weighted by atomic mass is 10.1. The van der Waals surface area contributed by atoms with Crippen molar-refractivity contribution >= 4 is 10.8 Å². The molecule has 1 nitrogen and oxygen atoms in total. The lowest BCUT2D eigenvalue weighted by Gasteiger charge is -2.08. The monoisotopic (exact) mass is 248 g/mol. The zero-order valence-electron chi connectivity index (χ0n) is 11.0. The van der Waals surface area contributed by atoms with Gasteiger partial charge in [-0.2, -0.15) is 0 Å². The molecule has 0 heterocycles. The summed E-state index contributed by atoms with van der Waals surface area (Å²) in [7, 11) is 0. The fraction of sp³-hybridized carbons (Fsp3) is 0.111. The van der Waals surface area contributed by atoms with Crippen LogP contribution in [-0.4, -0.2) is 0 Å². The van der Waals surface area contributed by atoms with Crippen LogP contribution in [0.3, 0.4) is 0 Å². The smallest absolute Gasteiger partial charge is 0.120 e. The number of rotatable bonds is 3. The molecule has 94 valence electrons. The topological polar surface area (TPSA) is 9.23 Å². The van der Waals surface area contributed by atoms with E-state index < -0.39 is 0 Å². The zero-order chi connectivity index (χ0) is 13.1. The highest BCUT2D eigenvalue weighted by atomic mass is 16.5. The molecular formula is C18H16O. The van der Waals surface area contributed by atoms with Gasteiger partial charge in [0.15, 0.2) is 0 Å². The Morgan fingerprint density at radius 2 is 1.63 bits per heavy atom. The van der Waals surface area contributed by atoms with Crippen LogP contribution in [0.25, 0.3) is 10.8 Å². The Hall–Kier alpha value is -2.28. The van der Waals surface area contributed by atoms with Crippen molar-refractivity contribution in [1.82, 2.24) is 0 Å². The molecule has 0 saturated carbocycles. The Bertz CT molecular complexity index is 701. The van der Waals surface area contributed by atoms with Gasteiger partial charge in [0.1, 0.15) is 12.4 Å². The van der Waals surface area contributed by atoms with Crippen LogP contribution in [0.2, 0.25) is 0 Å². The molecule has 3 aromatic carbocycles. The summed E-state index contributed by atoms with van der Waals surface area (Å²) in [6.45, 7) is 2.71. The van der Waals surface area contributed by atoms with E-state index in [9.17, 15) is 0 Å². The van der Waals surface area contributed by atoms with Gasteiger partial charge in [-0.15, -0.1) is 0 Å². The Balaban J connectivity index is 1.78. The molecule has 0 bridgehead atoms. The van der Waals surface area contributed by atoms with Crippen LogP contribution < -0.4 is 4.74 Å². The van der Waals surface area contributed by atoms with E-state index in [1.807, 2.05) is 12.1 Å². The Kier molecular flexibility index (Phi) is 3.20. The van der Waals surface area contributed by atoms with Crippen molar-refractivity contribution in [1.29, 1.82) is 0 Å². The predicted octanol–water partition coefficient (Wildman–Crippen LogP) is 4.73. The van der Waals surface area contributed by atoms with Gasteiger partial charge in [-0.1, -0.05) is 60.2 Å². The normalized spacial score (nSPS) is 10.6. The number of aryl methyl sites for hydroxylation is 1. The average molecular weight is 248 g/mol. The molecule has 0 amide bonds. The number of ether oxygens (including phenoxy) is 1. The third kappa shape index (κ3) is 2.76. The van der Waals surface area contributed by atoms with E-state index in [4.69, 9.17) is 4.74 Å². The van der Waals surface area contributed by atoms with Gasteiger partial charge in [0.05, 0.1) is 0 Å². The van der Waals surface area contributed by atoms with Gasteiger partial charge in [0.25, 0.3) is 0 Å². The first-order chi connectivity index (χ1) is 9.31. The van der Waals surface area contributed by atoms with E-state index in [1.165, 1.54) is 21.9 Å². The van der Waals surface area contributed by atoms with E-state index in [0.717, 1.165) is 5.75 Å². The van der Waals surface area contributed by atoms with Crippen molar-refractivity contribution in [3.8, 4) is 5.75 Å². The first-order valence-corrected chi connectivity index (χ1v) is 6.48. The summed E-state index contributed by atoms with van der Waals surface area (Å²) in [4.78, 5) is 0. The molecule has 0 aromatic heterocycles. The van der Waals surface area contributed by atoms with E-state index in [2.05, 4.69) is 61.5 Å². The number of fused-ring (bicyclic) bond motifs is 1. The summed E-state index contributed by atoms with van der Waals surface area (Å²) in [5.74, 6) is 0.917. The van der Waals surface area contributed by atoms with Gasteiger partial charge in [0.2, 0.25) is 0 Å². The molecule has 1 heteroatoms. The van der Waals surface area contributed by atoms with Crippen molar-refractivity contribution in [2.75, 3.05) is 0 Å². The van der Waals surface area contributed by atoms with Crippen molar-refractivity contribution in [3.05, 3.63) is 77.9 Å². The number of hydrogen-bond acceptors (Lipinski definition) is 1. The molecule has 19 heavy (non-hydrogen) atoms. The maximum absolute atomic E-state index is 5.86. The molecule has 3 aromatic rings. The van der Waals surface area contributed by atoms with Gasteiger partial charge in [-0.3, -0.25) is 0 Å². The fourth-order valence-corrected chi connectivity index (χ4v) is 2.23. The van der Waals surface area contributed by atoms with Crippen LogP contribution in [0, 0.1) is 6.92 Å². The molecule has 0 aliphatic rings. The van der Waals surface area contributed by atoms with Crippen LogP contribution in [0.5, 0.6) is 5.75 Å². The van der Waals surface area contributed by atoms with Crippen molar-refractivity contribution < 1.29 is 4.74 Å². The Morgan fingerprint density at radius 3 is 2.47 bits per heavy atom. The minimum Gasteiger partial charge on any atom is -0.489 e. The number of benzene rings is 3. The van der Waals surface area contributed by atoms with Gasteiger partial charge >= 0.3 is 0 Å². The summed E-state index contributed by atoms with van der Waals surface area (Å²) in [6.07, 6.45) is 0. The molecule has 0 saturated heterocycles. The maximum atomic E-state index is 5.86. The van der Waals surface area contributed by atoms with E-state index in [1.54, 1.807) is 0 Å². The minimum absolute atomic E-state index is 0.611. The highest BCUT2D eigenvalue weighted by Gasteiger charge is 1.98. The van der Waals surface area contributed by atoms with Crippen molar-refractivity contribution in [3.63, 3.8) is 0 Å². The largest absolute Gasteiger partial charge is 0.489 e. The Labute approximate surface area is 113 Å². The third-order valence-electron chi connectivity index (χ3n) is 3.21. The first kappa shape index (κ1) is 11.8. The summed E-state index contributed by atoms with van der Waals surface area (Å²) < 4.78 is 5.86. The highest BCUT2D eigenvalue weighted by Crippen LogP contribution is 2.21. The van der Waals surface area contributed by atoms with Crippen LogP contribution in [0.15, 0.2) is 66.7 Å². The summed E-state index contributed by atoms with van der Waals surface area (Å²) in [5.41, 5.74) is 2.47. The van der Waals surface area contributed by atoms with Gasteiger partial charge < -0.3 is 4.74 Å². The fourth-order valence-electron chi connectivity index (χ4n) is 2.23. The maximum Gasteiger partial charge on any atom is 0.120 e. The SMILES string of the molecule is Cc1cccc(COc2ccc3ccccc3c2)c1. The molecular weight excluding hydrogens is 232 g/mol. The van der Waals surface area contributed by atoms with Gasteiger partial charge in [-0.05, 0) is 35.4 Å². The second kappa shape index (κ2) is 5.15. The van der Waals surface area contributed by atoms with Crippen LogP contribution in [0.4, 0.5) is 0 Å². The van der Waals surface area contributed by atoms with Crippen LogP contribution >= 0.6 is 0 Å². The molecule has 0 aliphatic carbocycles. The molecule has 0 spiro atoms. The first-order valence-electron chi connectivity index (χ1n) is 6.48. The summed E-state index contributed by atoms with van der Waals surface area (Å²) >= 11 is 0. The zero-order valence-corrected chi connectivity index (χ0v) is 11.0. The molecule has 0 atom stereocenters. The second-order valence-electron chi connectivity index (χ2n) is 4.79. The molecule has 0 fully saturated rings. The van der Waals surface area contributed by atoms with E-state index >= 15 is 0 Å². The quantitative estimate of drug-likeness (QED) is 0.651. The van der Waals surface area contributed by atoms with Gasteiger partial charge in [-0.25, -0.2) is 0 Å². The second-order valence-corrected chi connectivity index (χ2v) is 4.79. The van der Waals surface area contributed by atoms with Crippen LogP contribution in [-0.2, 0) is 6.61 Å². The average Bonchev–Trinajstić information content (AvgIpc) is 2.45. The minimum atomic E-state index is 0.611. The summed E-state index contributed by atoms with van der Waals surface area (Å²) in [6, 6.07) is 22.9. The molecule has 0 radical (unpaired) electrons. The molecule has 0 aliphatic heterocycles. The molecule has 3 rings (SSSR count). The summed E-state index contributed by atoms with van der Waals surface area (Å²) in [5, 5.41) is 2.45. The van der Waals surface area contributed by atoms with Crippen molar-refractivity contribution in [2.45, 2.75) is 13.5 Å². The van der Waals surface area contributed by atoms with E-state index in [0.29, 0.717) is 6.61 Å². The lowest BCUT2D eigenvalue weighted by Crippen LogP contribution is -1.95. The van der Waals surface area contributed by atoms with Crippen molar-refractivity contribution in [2.24, 2.45) is 0 Å². The highest BCUT2D eigenvalue weighted by molar-refractivity contribution is 5.83. The van der Waals surface area contributed by atoms with Crippen LogP contribution in [0.1, 0.15) is 11.1 Å². The van der Waals surface area contributed by atoms with Gasteiger partial charge in [0, 0.05) is 0 Å².